The van der Waals surface area contributed by atoms with Gasteiger partial charge in [0.25, 0.3) is 11.7 Å². The van der Waals surface area contributed by atoms with Gasteiger partial charge in [-0.25, -0.2) is 9.59 Å². The molecule has 1 amide bonds. The lowest BCUT2D eigenvalue weighted by Gasteiger charge is -2.48. The first-order valence-electron chi connectivity index (χ1n) is 22.4. The molecular weight excluding hydrogens is 789 g/mol. The first kappa shape index (κ1) is 48.7. The van der Waals surface area contributed by atoms with Crippen LogP contribution in [-0.2, 0) is 47.7 Å². The second-order valence-corrected chi connectivity index (χ2v) is 18.7. The Bertz CT molecular complexity index is 1700. The Labute approximate surface area is 360 Å². The summed E-state index contributed by atoms with van der Waals surface area (Å²) >= 11 is 0. The molecule has 61 heavy (non-hydrogen) atoms. The number of allylic oxidation sites excluding steroid dienone is 3. The second kappa shape index (κ2) is 20.9. The number of fused-ring (bicyclic) bond motifs is 3. The van der Waals surface area contributed by atoms with Crippen LogP contribution in [0.2, 0.25) is 0 Å². The number of carbonyl (C=O) groups is 5. The molecule has 1 spiro atoms. The van der Waals surface area contributed by atoms with E-state index in [9.17, 15) is 34.5 Å². The Kier molecular flexibility index (Phi) is 16.7. The number of aliphatic carboxylic acids is 1. The molecule has 3 fully saturated rings. The summed E-state index contributed by atoms with van der Waals surface area (Å²) in [6.45, 7) is 10.9. The molecule has 0 aromatic carbocycles. The number of carbonyl (C=O) groups excluding carboxylic acids is 4. The number of aliphatic imine (C=N–C) groups is 1. The largest absolute Gasteiger partial charge is 0.480 e. The zero-order valence-corrected chi connectivity index (χ0v) is 37.4. The molecule has 0 aromatic rings. The first-order chi connectivity index (χ1) is 28.9. The van der Waals surface area contributed by atoms with Crippen molar-refractivity contribution >= 4 is 35.6 Å². The highest BCUT2D eigenvalue weighted by Crippen LogP contribution is 2.42. The van der Waals surface area contributed by atoms with Crippen LogP contribution in [0.4, 0.5) is 0 Å². The number of carboxylic acids is 1. The zero-order chi connectivity index (χ0) is 44.8. The van der Waals surface area contributed by atoms with Gasteiger partial charge in [0.15, 0.2) is 5.78 Å². The van der Waals surface area contributed by atoms with Gasteiger partial charge in [-0.1, -0.05) is 47.1 Å². The smallest absolute Gasteiger partial charge is 0.355 e. The molecule has 4 heterocycles. The number of nitrogens with zero attached hydrogens (tertiary/aromatic N) is 2. The van der Waals surface area contributed by atoms with Crippen LogP contribution in [0.1, 0.15) is 119 Å². The Morgan fingerprint density at radius 3 is 2.34 bits per heavy atom. The molecule has 15 nitrogen and oxygen atoms in total. The molecule has 0 radical (unpaired) electrons. The molecule has 5 rings (SSSR count). The van der Waals surface area contributed by atoms with Crippen LogP contribution in [0.3, 0.4) is 0 Å². The summed E-state index contributed by atoms with van der Waals surface area (Å²) in [5.74, 6) is -8.70. The lowest BCUT2D eigenvalue weighted by molar-refractivity contribution is -0.302. The highest BCUT2D eigenvalue weighted by atomic mass is 16.7. The lowest BCUT2D eigenvalue weighted by Crippen LogP contribution is -2.67. The number of piperidine rings is 1. The molecule has 4 bridgehead atoms. The van der Waals surface area contributed by atoms with Gasteiger partial charge in [0.1, 0.15) is 18.8 Å². The van der Waals surface area contributed by atoms with Gasteiger partial charge >= 0.3 is 11.9 Å². The molecule has 14 unspecified atom stereocenters. The third-order valence-corrected chi connectivity index (χ3v) is 14.1. The maximum atomic E-state index is 15.0. The highest BCUT2D eigenvalue weighted by molar-refractivity contribution is 6.39. The molecule has 342 valence electrons. The third-order valence-electron chi connectivity index (χ3n) is 14.1. The van der Waals surface area contributed by atoms with E-state index in [-0.39, 0.29) is 68.0 Å². The summed E-state index contributed by atoms with van der Waals surface area (Å²) in [7, 11) is 3.05. The van der Waals surface area contributed by atoms with E-state index in [1.165, 1.54) is 20.4 Å². The SMILES string of the molecule is CCC1CC(C=C(C)C2OC(=O)C34CCCCN3C(=O)C(=O)C3(O)OC(C(OC)CC(C)CC(C)CC(=CC=N4)C(=O)CC(O)C2C)C(OC)CC3C)CCC1OCC(=O)O. The van der Waals surface area contributed by atoms with E-state index in [1.807, 2.05) is 26.8 Å². The number of Topliss-reactive ketones (excluding diaryl/α,β-unsaturated/α-hetero) is 2. The number of esters is 1. The molecule has 2 saturated heterocycles. The first-order valence-corrected chi connectivity index (χ1v) is 22.4. The van der Waals surface area contributed by atoms with Gasteiger partial charge in [0.2, 0.25) is 11.4 Å². The predicted octanol–water partition coefficient (Wildman–Crippen LogP) is 4.99. The monoisotopic (exact) mass is 858 g/mol. The zero-order valence-electron chi connectivity index (χ0n) is 37.4. The average molecular weight is 859 g/mol. The maximum absolute atomic E-state index is 15.0. The average Bonchev–Trinajstić information content (AvgIpc) is 3.22. The van der Waals surface area contributed by atoms with Crippen molar-refractivity contribution in [2.24, 2.45) is 40.5 Å². The van der Waals surface area contributed by atoms with E-state index in [2.05, 4.69) is 6.92 Å². The summed E-state index contributed by atoms with van der Waals surface area (Å²) < 4.78 is 30.2. The number of cyclic esters (lactones) is 1. The number of hydrogen-bond donors (Lipinski definition) is 3. The van der Waals surface area contributed by atoms with Crippen LogP contribution in [0.5, 0.6) is 0 Å². The topological polar surface area (TPSA) is 208 Å². The number of carboxylic acid groups (broad SMARTS) is 1. The van der Waals surface area contributed by atoms with Gasteiger partial charge in [0, 0.05) is 51.7 Å². The lowest BCUT2D eigenvalue weighted by atomic mass is 9.76. The quantitative estimate of drug-likeness (QED) is 0.167. The van der Waals surface area contributed by atoms with E-state index < -0.39 is 77.4 Å². The summed E-state index contributed by atoms with van der Waals surface area (Å²) in [4.78, 5) is 75.6. The Morgan fingerprint density at radius 1 is 0.967 bits per heavy atom. The number of hydrogen-bond acceptors (Lipinski definition) is 13. The van der Waals surface area contributed by atoms with Crippen LogP contribution < -0.4 is 0 Å². The number of ketones is 2. The van der Waals surface area contributed by atoms with Crippen LogP contribution in [0, 0.1) is 35.5 Å². The van der Waals surface area contributed by atoms with Crippen LogP contribution in [0.25, 0.3) is 0 Å². The Balaban J connectivity index is 1.60. The van der Waals surface area contributed by atoms with Crippen molar-refractivity contribution in [3.63, 3.8) is 0 Å². The summed E-state index contributed by atoms with van der Waals surface area (Å²) in [6, 6.07) is 0. The van der Waals surface area contributed by atoms with E-state index >= 15 is 4.79 Å². The summed E-state index contributed by atoms with van der Waals surface area (Å²) in [5, 5.41) is 33.2. The van der Waals surface area contributed by atoms with Gasteiger partial charge in [-0.3, -0.25) is 19.4 Å². The molecule has 1 aliphatic carbocycles. The minimum atomic E-state index is -2.58. The molecule has 4 aliphatic heterocycles. The number of ether oxygens (including phenoxy) is 5. The fraction of sp³-hybridized carbons (Fsp3) is 0.783. The standard InChI is InChI=1S/C46H70N2O13/c1-9-32-23-31(12-13-36(32)59-25-39(51)52)21-28(4)40-30(6)34(49)24-35(50)33-14-16-47-45(44(55)60-40)15-10-11-17-48(45)43(54)42(53)46(56)29(5)22-38(58-8)41(61-46)37(57-7)20-27(3)18-26(2)19-33/h14,16,21,26-27,29-32,34,36-38,40-41,49,56H,9-13,15,17-20,22-25H2,1-8H3,(H,51,52). The van der Waals surface area contributed by atoms with Crippen molar-refractivity contribution in [1.29, 1.82) is 0 Å². The summed E-state index contributed by atoms with van der Waals surface area (Å²) in [6.07, 6.45) is 5.49. The maximum Gasteiger partial charge on any atom is 0.355 e. The molecule has 0 aromatic heterocycles. The number of aliphatic hydroxyl groups excluding tert-OH is 1. The van der Waals surface area contributed by atoms with Gasteiger partial charge in [-0.05, 0) is 106 Å². The van der Waals surface area contributed by atoms with Gasteiger partial charge < -0.3 is 43.9 Å². The van der Waals surface area contributed by atoms with Crippen LogP contribution in [-0.4, -0.2) is 131 Å². The minimum absolute atomic E-state index is 0.00763. The van der Waals surface area contributed by atoms with Crippen molar-refractivity contribution < 1.29 is 63.0 Å². The van der Waals surface area contributed by atoms with Gasteiger partial charge in [-0.15, -0.1) is 0 Å². The fourth-order valence-electron chi connectivity index (χ4n) is 10.6. The van der Waals surface area contributed by atoms with Crippen molar-refractivity contribution in [3.05, 3.63) is 23.3 Å². The second-order valence-electron chi connectivity index (χ2n) is 18.7. The molecule has 3 N–H and O–H groups in total. The van der Waals surface area contributed by atoms with Crippen LogP contribution >= 0.6 is 0 Å². The van der Waals surface area contributed by atoms with Crippen molar-refractivity contribution in [2.45, 2.75) is 167 Å². The fourth-order valence-corrected chi connectivity index (χ4v) is 10.6. The third kappa shape index (κ3) is 10.9. The van der Waals surface area contributed by atoms with E-state index in [0.717, 1.165) is 11.3 Å². The van der Waals surface area contributed by atoms with Crippen molar-refractivity contribution in [3.8, 4) is 0 Å². The molecular formula is C46H70N2O13. The summed E-state index contributed by atoms with van der Waals surface area (Å²) in [5.41, 5.74) is -1.01. The molecule has 14 atom stereocenters. The Hall–Kier alpha value is -3.34. The van der Waals surface area contributed by atoms with E-state index in [4.69, 9.17) is 28.7 Å². The number of aliphatic hydroxyl groups is 2. The molecule has 5 aliphatic rings. The van der Waals surface area contributed by atoms with Gasteiger partial charge in [0.05, 0.1) is 24.4 Å². The Morgan fingerprint density at radius 2 is 1.67 bits per heavy atom. The van der Waals surface area contributed by atoms with E-state index in [1.54, 1.807) is 19.9 Å². The van der Waals surface area contributed by atoms with Crippen LogP contribution in [0.15, 0.2) is 28.3 Å². The number of amides is 1. The number of methoxy groups -OCH3 is 2. The highest BCUT2D eigenvalue weighted by Gasteiger charge is 2.59. The number of rotatable bonds is 8. The van der Waals surface area contributed by atoms with Gasteiger partial charge in [-0.2, -0.15) is 0 Å². The van der Waals surface area contributed by atoms with Crippen molar-refractivity contribution in [2.75, 3.05) is 27.4 Å². The molecule has 15 heteroatoms. The molecule has 1 saturated carbocycles. The van der Waals surface area contributed by atoms with E-state index in [0.29, 0.717) is 62.5 Å². The predicted molar refractivity (Wildman–Crippen MR) is 224 cm³/mol. The normalized spacial score (nSPS) is 40.1. The minimum Gasteiger partial charge on any atom is -0.480 e. The van der Waals surface area contributed by atoms with Crippen molar-refractivity contribution in [1.82, 2.24) is 4.90 Å².